The zero-order chi connectivity index (χ0) is 14.8. The van der Waals surface area contributed by atoms with Crippen LogP contribution < -0.4 is 10.0 Å². The molecule has 0 saturated carbocycles. The van der Waals surface area contributed by atoms with Crippen molar-refractivity contribution in [1.82, 2.24) is 4.72 Å². The quantitative estimate of drug-likeness (QED) is 0.889. The van der Waals surface area contributed by atoms with E-state index < -0.39 is 15.8 Å². The molecular formula is C12H12ClFN2O3S. The third-order valence-corrected chi connectivity index (χ3v) is 4.07. The summed E-state index contributed by atoms with van der Waals surface area (Å²) < 4.78 is 43.7. The Balaban J connectivity index is 2.10. The molecule has 1 aromatic carbocycles. The summed E-state index contributed by atoms with van der Waals surface area (Å²) in [4.78, 5) is 0. The van der Waals surface area contributed by atoms with Crippen molar-refractivity contribution in [3.05, 3.63) is 46.9 Å². The van der Waals surface area contributed by atoms with Gasteiger partial charge in [0.2, 0.25) is 5.09 Å². The van der Waals surface area contributed by atoms with E-state index in [1.54, 1.807) is 0 Å². The van der Waals surface area contributed by atoms with Crippen LogP contribution >= 0.6 is 11.6 Å². The molecule has 0 amide bonds. The van der Waals surface area contributed by atoms with Gasteiger partial charge in [-0.15, -0.1) is 0 Å². The molecule has 0 saturated heterocycles. The van der Waals surface area contributed by atoms with Crippen LogP contribution in [0.3, 0.4) is 0 Å². The molecule has 0 atom stereocenters. The van der Waals surface area contributed by atoms with Crippen LogP contribution in [0.5, 0.6) is 0 Å². The maximum Gasteiger partial charge on any atom is 0.273 e. The molecule has 20 heavy (non-hydrogen) atoms. The molecule has 1 heterocycles. The number of hydrogen-bond acceptors (Lipinski definition) is 4. The third kappa shape index (κ3) is 3.30. The first-order valence-electron chi connectivity index (χ1n) is 5.63. The van der Waals surface area contributed by atoms with Gasteiger partial charge in [0, 0.05) is 5.02 Å². The predicted molar refractivity (Wildman–Crippen MR) is 73.7 cm³/mol. The van der Waals surface area contributed by atoms with Crippen molar-refractivity contribution >= 4 is 27.3 Å². The van der Waals surface area contributed by atoms with Crippen molar-refractivity contribution in [2.24, 2.45) is 0 Å². The first-order valence-corrected chi connectivity index (χ1v) is 7.49. The largest absolute Gasteiger partial charge is 0.446 e. The van der Waals surface area contributed by atoms with E-state index in [0.29, 0.717) is 10.8 Å². The molecule has 0 fully saturated rings. The summed E-state index contributed by atoms with van der Waals surface area (Å²) in [6.45, 7) is 0.135. The van der Waals surface area contributed by atoms with Crippen LogP contribution in [0.4, 0.5) is 10.1 Å². The second kappa shape index (κ2) is 5.82. The molecule has 0 aliphatic rings. The topological polar surface area (TPSA) is 71.3 Å². The summed E-state index contributed by atoms with van der Waals surface area (Å²) in [7, 11) is -2.33. The van der Waals surface area contributed by atoms with Crippen molar-refractivity contribution in [2.45, 2.75) is 11.6 Å². The van der Waals surface area contributed by atoms with Crippen LogP contribution in [0.15, 0.2) is 39.8 Å². The van der Waals surface area contributed by atoms with Crippen LogP contribution in [-0.4, -0.2) is 15.5 Å². The van der Waals surface area contributed by atoms with Crippen molar-refractivity contribution in [3.8, 4) is 0 Å². The summed E-state index contributed by atoms with van der Waals surface area (Å²) in [5, 5.41) is 2.99. The van der Waals surface area contributed by atoms with E-state index in [-0.39, 0.29) is 17.3 Å². The Kier molecular flexibility index (Phi) is 4.32. The summed E-state index contributed by atoms with van der Waals surface area (Å²) in [5.41, 5.74) is 0.215. The molecule has 0 spiro atoms. The number of hydrogen-bond donors (Lipinski definition) is 2. The standard InChI is InChI=1S/C12H12ClFN2O3S/c1-15-20(17,18)12-5-3-9(19-12)7-16-11-6-8(13)2-4-10(11)14/h2-6,15-16H,7H2,1H3. The maximum absolute atomic E-state index is 13.5. The van der Waals surface area contributed by atoms with Crippen LogP contribution in [0.25, 0.3) is 0 Å². The summed E-state index contributed by atoms with van der Waals surface area (Å²) in [6, 6.07) is 6.94. The van der Waals surface area contributed by atoms with Gasteiger partial charge in [-0.1, -0.05) is 11.6 Å². The van der Waals surface area contributed by atoms with Crippen LogP contribution in [0.1, 0.15) is 5.76 Å². The second-order valence-electron chi connectivity index (χ2n) is 3.91. The molecular weight excluding hydrogens is 307 g/mol. The Bertz CT molecular complexity index is 715. The maximum atomic E-state index is 13.5. The third-order valence-electron chi connectivity index (χ3n) is 2.55. The first kappa shape index (κ1) is 14.8. The smallest absolute Gasteiger partial charge is 0.273 e. The molecule has 0 unspecified atom stereocenters. The SMILES string of the molecule is CNS(=O)(=O)c1ccc(CNc2cc(Cl)ccc2F)o1. The van der Waals surface area contributed by atoms with Gasteiger partial charge in [-0.25, -0.2) is 17.5 Å². The van der Waals surface area contributed by atoms with Gasteiger partial charge in [0.1, 0.15) is 11.6 Å². The van der Waals surface area contributed by atoms with Gasteiger partial charge in [-0.2, -0.15) is 0 Å². The minimum Gasteiger partial charge on any atom is -0.446 e. The highest BCUT2D eigenvalue weighted by atomic mass is 35.5. The molecule has 8 heteroatoms. The molecule has 5 nitrogen and oxygen atoms in total. The van der Waals surface area contributed by atoms with Gasteiger partial charge < -0.3 is 9.73 Å². The van der Waals surface area contributed by atoms with Gasteiger partial charge in [0.25, 0.3) is 10.0 Å². The monoisotopic (exact) mass is 318 g/mol. The molecule has 0 radical (unpaired) electrons. The number of halogens is 2. The zero-order valence-electron chi connectivity index (χ0n) is 10.5. The minimum absolute atomic E-state index is 0.135. The highest BCUT2D eigenvalue weighted by molar-refractivity contribution is 7.89. The van der Waals surface area contributed by atoms with E-state index in [1.807, 2.05) is 0 Å². The number of sulfonamides is 1. The van der Waals surface area contributed by atoms with E-state index >= 15 is 0 Å². The zero-order valence-corrected chi connectivity index (χ0v) is 12.1. The molecule has 1 aromatic heterocycles. The lowest BCUT2D eigenvalue weighted by atomic mass is 10.3. The molecule has 2 aromatic rings. The van der Waals surface area contributed by atoms with Crippen molar-refractivity contribution < 1.29 is 17.2 Å². The Morgan fingerprint density at radius 1 is 1.30 bits per heavy atom. The lowest BCUT2D eigenvalue weighted by molar-refractivity contribution is 0.417. The number of nitrogens with one attached hydrogen (secondary N) is 2. The molecule has 0 aliphatic carbocycles. The van der Waals surface area contributed by atoms with Crippen molar-refractivity contribution in [1.29, 1.82) is 0 Å². The van der Waals surface area contributed by atoms with Crippen LogP contribution in [-0.2, 0) is 16.6 Å². The number of anilines is 1. The van der Waals surface area contributed by atoms with Crippen molar-refractivity contribution in [3.63, 3.8) is 0 Å². The molecule has 2 N–H and O–H groups in total. The van der Waals surface area contributed by atoms with Gasteiger partial charge in [-0.3, -0.25) is 0 Å². The van der Waals surface area contributed by atoms with Gasteiger partial charge >= 0.3 is 0 Å². The van der Waals surface area contributed by atoms with Gasteiger partial charge in [0.05, 0.1) is 12.2 Å². The minimum atomic E-state index is -3.61. The summed E-state index contributed by atoms with van der Waals surface area (Å²) in [5.74, 6) is -0.0952. The Morgan fingerprint density at radius 3 is 2.75 bits per heavy atom. The Labute approximate surface area is 120 Å². The predicted octanol–water partition coefficient (Wildman–Crippen LogP) is 2.59. The van der Waals surface area contributed by atoms with Crippen LogP contribution in [0.2, 0.25) is 5.02 Å². The summed E-state index contributed by atoms with van der Waals surface area (Å²) >= 11 is 5.76. The summed E-state index contributed by atoms with van der Waals surface area (Å²) in [6.07, 6.45) is 0. The number of benzene rings is 1. The lowest BCUT2D eigenvalue weighted by Crippen LogP contribution is -2.17. The molecule has 108 valence electrons. The van der Waals surface area contributed by atoms with Gasteiger partial charge in [0.15, 0.2) is 0 Å². The highest BCUT2D eigenvalue weighted by Crippen LogP contribution is 2.21. The fourth-order valence-electron chi connectivity index (χ4n) is 1.51. The van der Waals surface area contributed by atoms with E-state index in [4.69, 9.17) is 16.0 Å². The van der Waals surface area contributed by atoms with Crippen molar-refractivity contribution in [2.75, 3.05) is 12.4 Å². The molecule has 0 aliphatic heterocycles. The average molecular weight is 319 g/mol. The normalized spacial score (nSPS) is 11.6. The molecule has 2 rings (SSSR count). The first-order chi connectivity index (χ1) is 9.42. The highest BCUT2D eigenvalue weighted by Gasteiger charge is 2.16. The Hall–Kier alpha value is -1.57. The fourth-order valence-corrected chi connectivity index (χ4v) is 2.35. The fraction of sp³-hybridized carbons (Fsp3) is 0.167. The Morgan fingerprint density at radius 2 is 2.05 bits per heavy atom. The number of furan rings is 1. The number of rotatable bonds is 5. The van der Waals surface area contributed by atoms with Crippen LogP contribution in [0, 0.1) is 5.82 Å². The van der Waals surface area contributed by atoms with E-state index in [9.17, 15) is 12.8 Å². The van der Waals surface area contributed by atoms with Gasteiger partial charge in [-0.05, 0) is 37.4 Å². The lowest BCUT2D eigenvalue weighted by Gasteiger charge is -2.06. The van der Waals surface area contributed by atoms with E-state index in [2.05, 4.69) is 10.0 Å². The average Bonchev–Trinajstić information content (AvgIpc) is 2.89. The van der Waals surface area contributed by atoms with E-state index in [0.717, 1.165) is 0 Å². The molecule has 0 bridgehead atoms. The van der Waals surface area contributed by atoms with E-state index in [1.165, 1.54) is 37.4 Å². The second-order valence-corrected chi connectivity index (χ2v) is 6.16.